The normalized spacial score (nSPS) is 19.2. The summed E-state index contributed by atoms with van der Waals surface area (Å²) in [6, 6.07) is 10.2. The van der Waals surface area contributed by atoms with Gasteiger partial charge in [-0.05, 0) is 31.4 Å². The first-order valence-electron chi connectivity index (χ1n) is 9.97. The SMILES string of the molecule is O=c1c(Cl)c(N2CCc3c(ncn3-c3ccccc3)C2)cnn1C1CCCCO1. The van der Waals surface area contributed by atoms with Crippen molar-refractivity contribution < 1.29 is 4.74 Å². The Kier molecular flexibility index (Phi) is 4.85. The predicted octanol–water partition coefficient (Wildman–Crippen LogP) is 3.34. The Morgan fingerprint density at radius 3 is 2.83 bits per heavy atom. The van der Waals surface area contributed by atoms with E-state index in [1.807, 2.05) is 24.5 Å². The molecule has 1 fully saturated rings. The lowest BCUT2D eigenvalue weighted by Crippen LogP contribution is -2.36. The number of hydrogen-bond donors (Lipinski definition) is 0. The van der Waals surface area contributed by atoms with Gasteiger partial charge in [0.1, 0.15) is 5.02 Å². The number of nitrogens with zero attached hydrogens (tertiary/aromatic N) is 5. The molecule has 4 heterocycles. The molecule has 29 heavy (non-hydrogen) atoms. The van der Waals surface area contributed by atoms with E-state index in [9.17, 15) is 4.79 Å². The average Bonchev–Trinajstić information content (AvgIpc) is 3.20. The molecular formula is C21H22ClN5O2. The topological polar surface area (TPSA) is 65.2 Å². The molecule has 0 bridgehead atoms. The second-order valence-electron chi connectivity index (χ2n) is 7.43. The maximum absolute atomic E-state index is 12.8. The van der Waals surface area contributed by atoms with Crippen molar-refractivity contribution in [2.24, 2.45) is 0 Å². The quantitative estimate of drug-likeness (QED) is 0.661. The molecule has 1 aromatic carbocycles. The summed E-state index contributed by atoms with van der Waals surface area (Å²) < 4.78 is 9.20. The number of imidazole rings is 1. The monoisotopic (exact) mass is 411 g/mol. The molecule has 1 saturated heterocycles. The van der Waals surface area contributed by atoms with E-state index < -0.39 is 0 Å². The van der Waals surface area contributed by atoms with Crippen molar-refractivity contribution in [3.8, 4) is 5.69 Å². The summed E-state index contributed by atoms with van der Waals surface area (Å²) in [4.78, 5) is 19.5. The molecule has 150 valence electrons. The smallest absolute Gasteiger partial charge is 0.290 e. The van der Waals surface area contributed by atoms with E-state index in [1.165, 1.54) is 10.4 Å². The fourth-order valence-corrected chi connectivity index (χ4v) is 4.36. The third-order valence-electron chi connectivity index (χ3n) is 5.64. The van der Waals surface area contributed by atoms with Crippen LogP contribution in [-0.2, 0) is 17.7 Å². The fraction of sp³-hybridized carbons (Fsp3) is 0.381. The van der Waals surface area contributed by atoms with E-state index in [4.69, 9.17) is 16.3 Å². The molecule has 0 spiro atoms. The lowest BCUT2D eigenvalue weighted by atomic mass is 10.1. The molecule has 0 saturated carbocycles. The Labute approximate surface area is 173 Å². The highest BCUT2D eigenvalue weighted by atomic mass is 35.5. The van der Waals surface area contributed by atoms with Crippen LogP contribution in [-0.4, -0.2) is 32.5 Å². The molecule has 0 radical (unpaired) electrons. The van der Waals surface area contributed by atoms with Crippen LogP contribution in [0.2, 0.25) is 5.02 Å². The molecular weight excluding hydrogens is 390 g/mol. The Balaban J connectivity index is 1.41. The van der Waals surface area contributed by atoms with Crippen molar-refractivity contribution in [1.82, 2.24) is 19.3 Å². The van der Waals surface area contributed by atoms with E-state index in [2.05, 4.69) is 31.7 Å². The first-order valence-corrected chi connectivity index (χ1v) is 10.3. The minimum atomic E-state index is -0.322. The van der Waals surface area contributed by atoms with Crippen molar-refractivity contribution in [1.29, 1.82) is 0 Å². The first-order chi connectivity index (χ1) is 14.2. The zero-order valence-electron chi connectivity index (χ0n) is 16.0. The second kappa shape index (κ2) is 7.65. The van der Waals surface area contributed by atoms with E-state index in [0.717, 1.165) is 43.6 Å². The molecule has 1 unspecified atom stereocenters. The minimum absolute atomic E-state index is 0.195. The number of anilines is 1. The van der Waals surface area contributed by atoms with E-state index in [1.54, 1.807) is 6.20 Å². The molecule has 5 rings (SSSR count). The molecule has 1 atom stereocenters. The molecule has 0 amide bonds. The lowest BCUT2D eigenvalue weighted by Gasteiger charge is -2.30. The van der Waals surface area contributed by atoms with Crippen LogP contribution in [0.4, 0.5) is 5.69 Å². The Morgan fingerprint density at radius 1 is 1.17 bits per heavy atom. The van der Waals surface area contributed by atoms with E-state index in [0.29, 0.717) is 18.8 Å². The molecule has 0 aliphatic carbocycles. The summed E-state index contributed by atoms with van der Waals surface area (Å²) in [6.07, 6.45) is 6.86. The van der Waals surface area contributed by atoms with Crippen molar-refractivity contribution >= 4 is 17.3 Å². The third-order valence-corrected chi connectivity index (χ3v) is 6.00. The van der Waals surface area contributed by atoms with Crippen LogP contribution in [0.15, 0.2) is 47.7 Å². The molecule has 7 nitrogen and oxygen atoms in total. The molecule has 2 aliphatic rings. The zero-order valence-corrected chi connectivity index (χ0v) is 16.8. The summed E-state index contributed by atoms with van der Waals surface area (Å²) >= 11 is 6.48. The minimum Gasteiger partial charge on any atom is -0.362 e. The number of para-hydroxylation sites is 1. The molecule has 0 N–H and O–H groups in total. The van der Waals surface area contributed by atoms with Crippen LogP contribution in [0, 0.1) is 0 Å². The van der Waals surface area contributed by atoms with Crippen LogP contribution in [0.1, 0.15) is 36.9 Å². The van der Waals surface area contributed by atoms with Crippen molar-refractivity contribution in [3.63, 3.8) is 0 Å². The molecule has 2 aliphatic heterocycles. The summed E-state index contributed by atoms with van der Waals surface area (Å²) in [5.41, 5.74) is 3.65. The molecule has 2 aromatic heterocycles. The Bertz CT molecular complexity index is 1070. The number of fused-ring (bicyclic) bond motifs is 1. The summed E-state index contributed by atoms with van der Waals surface area (Å²) in [5, 5.41) is 4.57. The van der Waals surface area contributed by atoms with Crippen molar-refractivity contribution in [2.45, 2.75) is 38.5 Å². The van der Waals surface area contributed by atoms with Gasteiger partial charge < -0.3 is 14.2 Å². The summed E-state index contributed by atoms with van der Waals surface area (Å²) in [6.45, 7) is 1.99. The number of aromatic nitrogens is 4. The van der Waals surface area contributed by atoms with Crippen LogP contribution in [0.25, 0.3) is 5.69 Å². The number of halogens is 1. The lowest BCUT2D eigenvalue weighted by molar-refractivity contribution is -0.0424. The van der Waals surface area contributed by atoms with E-state index >= 15 is 0 Å². The van der Waals surface area contributed by atoms with Crippen LogP contribution >= 0.6 is 11.6 Å². The van der Waals surface area contributed by atoms with Crippen molar-refractivity contribution in [2.75, 3.05) is 18.1 Å². The van der Waals surface area contributed by atoms with Crippen LogP contribution < -0.4 is 10.5 Å². The van der Waals surface area contributed by atoms with Gasteiger partial charge in [-0.15, -0.1) is 0 Å². The third kappa shape index (κ3) is 3.34. The van der Waals surface area contributed by atoms with Gasteiger partial charge in [0.15, 0.2) is 6.23 Å². The Morgan fingerprint density at radius 2 is 2.03 bits per heavy atom. The highest BCUT2D eigenvalue weighted by molar-refractivity contribution is 6.33. The summed E-state index contributed by atoms with van der Waals surface area (Å²) in [7, 11) is 0. The number of ether oxygens (including phenoxy) is 1. The van der Waals surface area contributed by atoms with Crippen molar-refractivity contribution in [3.05, 3.63) is 69.6 Å². The second-order valence-corrected chi connectivity index (χ2v) is 7.81. The maximum atomic E-state index is 12.8. The number of rotatable bonds is 3. The first kappa shape index (κ1) is 18.4. The van der Waals surface area contributed by atoms with E-state index in [-0.39, 0.29) is 16.8 Å². The molecule has 3 aromatic rings. The molecule has 8 heteroatoms. The van der Waals surface area contributed by atoms with Gasteiger partial charge in [0.2, 0.25) is 0 Å². The number of hydrogen-bond acceptors (Lipinski definition) is 5. The highest BCUT2D eigenvalue weighted by Crippen LogP contribution is 2.29. The van der Waals surface area contributed by atoms with Gasteiger partial charge in [-0.25, -0.2) is 4.98 Å². The van der Waals surface area contributed by atoms with Crippen LogP contribution in [0.3, 0.4) is 0 Å². The van der Waals surface area contributed by atoms with Gasteiger partial charge in [-0.3, -0.25) is 4.79 Å². The Hall–Kier alpha value is -2.64. The van der Waals surface area contributed by atoms with Gasteiger partial charge in [-0.1, -0.05) is 29.8 Å². The largest absolute Gasteiger partial charge is 0.362 e. The van der Waals surface area contributed by atoms with Gasteiger partial charge in [0.25, 0.3) is 5.56 Å². The van der Waals surface area contributed by atoms with Gasteiger partial charge >= 0.3 is 0 Å². The summed E-state index contributed by atoms with van der Waals surface area (Å²) in [5.74, 6) is 0. The van der Waals surface area contributed by atoms with Gasteiger partial charge in [-0.2, -0.15) is 9.78 Å². The van der Waals surface area contributed by atoms with Gasteiger partial charge in [0, 0.05) is 31.0 Å². The highest BCUT2D eigenvalue weighted by Gasteiger charge is 2.26. The average molecular weight is 412 g/mol. The fourth-order valence-electron chi connectivity index (χ4n) is 4.10. The zero-order chi connectivity index (χ0) is 19.8. The van der Waals surface area contributed by atoms with Crippen LogP contribution in [0.5, 0.6) is 0 Å². The van der Waals surface area contributed by atoms with Gasteiger partial charge in [0.05, 0.1) is 30.5 Å². The maximum Gasteiger partial charge on any atom is 0.290 e. The predicted molar refractivity (Wildman–Crippen MR) is 111 cm³/mol. The standard InChI is InChI=1S/C21H22ClN5O2/c22-20-18(12-24-27(21(20)28)19-8-4-5-11-29-19)25-10-9-17-16(13-25)23-14-26(17)15-6-2-1-3-7-15/h1-3,6-7,12,14,19H,4-5,8-11,13H2. The number of benzene rings is 1.